The normalized spacial score (nSPS) is 14.0. The van der Waals surface area contributed by atoms with E-state index < -0.39 is 0 Å². The smallest absolute Gasteiger partial charge is 0.136 e. The van der Waals surface area contributed by atoms with Crippen LogP contribution in [0.15, 0.2) is 0 Å². The number of ether oxygens (including phenoxy) is 2. The van der Waals surface area contributed by atoms with Gasteiger partial charge in [0.1, 0.15) is 5.78 Å². The van der Waals surface area contributed by atoms with Crippen molar-refractivity contribution in [1.82, 2.24) is 0 Å². The lowest BCUT2D eigenvalue weighted by Crippen LogP contribution is -2.23. The van der Waals surface area contributed by atoms with E-state index in [1.807, 2.05) is 11.8 Å². The van der Waals surface area contributed by atoms with Gasteiger partial charge in [0.25, 0.3) is 0 Å². The lowest BCUT2D eigenvalue weighted by Gasteiger charge is -2.21. The van der Waals surface area contributed by atoms with Gasteiger partial charge in [-0.25, -0.2) is 0 Å². The number of rotatable bonds is 16. The Bertz CT molecular complexity index is 259. The first-order valence-electron chi connectivity index (χ1n) is 8.97. The van der Waals surface area contributed by atoms with Crippen LogP contribution in [0.5, 0.6) is 0 Å². The number of carbonyl (C=O) groups excluding carboxylic acids is 1. The zero-order valence-electron chi connectivity index (χ0n) is 15.1. The molecule has 0 fully saturated rings. The molecule has 0 bridgehead atoms. The summed E-state index contributed by atoms with van der Waals surface area (Å²) >= 11 is 1.88. The van der Waals surface area contributed by atoms with Crippen LogP contribution < -0.4 is 0 Å². The van der Waals surface area contributed by atoms with Crippen molar-refractivity contribution in [1.29, 1.82) is 0 Å². The van der Waals surface area contributed by atoms with Gasteiger partial charge in [-0.15, -0.1) is 0 Å². The highest BCUT2D eigenvalue weighted by Gasteiger charge is 2.22. The monoisotopic (exact) mass is 332 g/mol. The molecule has 2 unspecified atom stereocenters. The summed E-state index contributed by atoms with van der Waals surface area (Å²) in [7, 11) is 0. The van der Waals surface area contributed by atoms with Crippen LogP contribution in [-0.2, 0) is 14.3 Å². The van der Waals surface area contributed by atoms with E-state index in [9.17, 15) is 4.79 Å². The van der Waals surface area contributed by atoms with Crippen LogP contribution in [-0.4, -0.2) is 43.2 Å². The third-order valence-corrected chi connectivity index (χ3v) is 5.35. The number of hydrogen-bond acceptors (Lipinski definition) is 4. The van der Waals surface area contributed by atoms with Gasteiger partial charge in [-0.2, -0.15) is 11.8 Å². The fraction of sp³-hybridized carbons (Fsp3) is 0.944. The standard InChI is InChI=1S/C18H36O3S/c1-5-8-9-10-17(19)16(4)18(7-3)22-15-14-21-13-12-20-11-6-2/h16,18H,5-15H2,1-4H3. The molecule has 0 heterocycles. The van der Waals surface area contributed by atoms with E-state index >= 15 is 0 Å². The summed E-state index contributed by atoms with van der Waals surface area (Å²) in [6.07, 6.45) is 6.23. The highest BCUT2D eigenvalue weighted by atomic mass is 32.2. The summed E-state index contributed by atoms with van der Waals surface area (Å²) < 4.78 is 10.9. The van der Waals surface area contributed by atoms with Gasteiger partial charge in [0.05, 0.1) is 19.8 Å². The molecule has 22 heavy (non-hydrogen) atoms. The van der Waals surface area contributed by atoms with Crippen LogP contribution in [0.4, 0.5) is 0 Å². The molecule has 0 saturated heterocycles. The zero-order chi connectivity index (χ0) is 16.6. The Morgan fingerprint density at radius 2 is 1.64 bits per heavy atom. The number of ketones is 1. The van der Waals surface area contributed by atoms with Crippen LogP contribution in [0.2, 0.25) is 0 Å². The van der Waals surface area contributed by atoms with E-state index in [0.717, 1.165) is 51.1 Å². The van der Waals surface area contributed by atoms with Crippen LogP contribution in [0, 0.1) is 5.92 Å². The van der Waals surface area contributed by atoms with Gasteiger partial charge < -0.3 is 9.47 Å². The number of thioether (sulfide) groups is 1. The fourth-order valence-corrected chi connectivity index (χ4v) is 3.52. The predicted molar refractivity (Wildman–Crippen MR) is 96.8 cm³/mol. The van der Waals surface area contributed by atoms with Crippen molar-refractivity contribution in [2.45, 2.75) is 71.5 Å². The molecule has 0 amide bonds. The summed E-state index contributed by atoms with van der Waals surface area (Å²) in [4.78, 5) is 12.2. The average molecular weight is 333 g/mol. The Balaban J connectivity index is 3.74. The van der Waals surface area contributed by atoms with Gasteiger partial charge in [0.15, 0.2) is 0 Å². The summed E-state index contributed by atoms with van der Waals surface area (Å²) in [5.41, 5.74) is 0. The van der Waals surface area contributed by atoms with E-state index in [-0.39, 0.29) is 5.92 Å². The Hall–Kier alpha value is -0.0600. The second-order valence-electron chi connectivity index (χ2n) is 5.75. The van der Waals surface area contributed by atoms with E-state index in [1.54, 1.807) is 0 Å². The van der Waals surface area contributed by atoms with Gasteiger partial charge in [-0.05, 0) is 19.3 Å². The molecule has 0 aromatic rings. The molecule has 0 saturated carbocycles. The lowest BCUT2D eigenvalue weighted by atomic mass is 9.96. The minimum Gasteiger partial charge on any atom is -0.379 e. The highest BCUT2D eigenvalue weighted by molar-refractivity contribution is 7.99. The number of hydrogen-bond donors (Lipinski definition) is 0. The molecule has 0 N–H and O–H groups in total. The average Bonchev–Trinajstić information content (AvgIpc) is 2.53. The van der Waals surface area contributed by atoms with Gasteiger partial charge in [0, 0.05) is 29.9 Å². The van der Waals surface area contributed by atoms with E-state index in [1.165, 1.54) is 6.42 Å². The highest BCUT2D eigenvalue weighted by Crippen LogP contribution is 2.25. The molecular formula is C18H36O3S. The van der Waals surface area contributed by atoms with Crippen LogP contribution in [0.25, 0.3) is 0 Å². The minimum atomic E-state index is 0.166. The van der Waals surface area contributed by atoms with Crippen molar-refractivity contribution < 1.29 is 14.3 Å². The maximum atomic E-state index is 12.2. The van der Waals surface area contributed by atoms with E-state index in [4.69, 9.17) is 9.47 Å². The Morgan fingerprint density at radius 3 is 2.23 bits per heavy atom. The van der Waals surface area contributed by atoms with Gasteiger partial charge >= 0.3 is 0 Å². The molecule has 0 aromatic carbocycles. The SMILES string of the molecule is CCCCCC(=O)C(C)C(CC)SCCOCCOCCC. The van der Waals surface area contributed by atoms with E-state index in [2.05, 4.69) is 27.7 Å². The van der Waals surface area contributed by atoms with Gasteiger partial charge in [0.2, 0.25) is 0 Å². The van der Waals surface area contributed by atoms with Gasteiger partial charge in [-0.1, -0.05) is 40.5 Å². The topological polar surface area (TPSA) is 35.5 Å². The van der Waals surface area contributed by atoms with Crippen molar-refractivity contribution in [2.75, 3.05) is 32.2 Å². The van der Waals surface area contributed by atoms with Crippen molar-refractivity contribution in [3.63, 3.8) is 0 Å². The first-order valence-corrected chi connectivity index (χ1v) is 10.0. The maximum Gasteiger partial charge on any atom is 0.136 e. The molecule has 0 aromatic heterocycles. The van der Waals surface area contributed by atoms with Gasteiger partial charge in [-0.3, -0.25) is 4.79 Å². The molecule has 0 radical (unpaired) electrons. The lowest BCUT2D eigenvalue weighted by molar-refractivity contribution is -0.122. The number of Topliss-reactive ketones (excluding diaryl/α,β-unsaturated/α-hetero) is 1. The zero-order valence-corrected chi connectivity index (χ0v) is 15.9. The Kier molecular flexibility index (Phi) is 15.8. The summed E-state index contributed by atoms with van der Waals surface area (Å²) in [6, 6.07) is 0. The Morgan fingerprint density at radius 1 is 0.955 bits per heavy atom. The molecule has 0 aliphatic carbocycles. The van der Waals surface area contributed by atoms with E-state index in [0.29, 0.717) is 24.2 Å². The van der Waals surface area contributed by atoms with Crippen molar-refractivity contribution >= 4 is 17.5 Å². The molecule has 3 nitrogen and oxygen atoms in total. The third-order valence-electron chi connectivity index (χ3n) is 3.77. The minimum absolute atomic E-state index is 0.166. The predicted octanol–water partition coefficient (Wildman–Crippen LogP) is 4.73. The molecule has 4 heteroatoms. The number of carbonyl (C=O) groups is 1. The molecule has 0 rings (SSSR count). The molecule has 0 spiro atoms. The molecule has 2 atom stereocenters. The largest absolute Gasteiger partial charge is 0.379 e. The maximum absolute atomic E-state index is 12.2. The molecule has 0 aliphatic rings. The first kappa shape index (κ1) is 21.9. The van der Waals surface area contributed by atoms with Crippen LogP contribution in [0.3, 0.4) is 0 Å². The summed E-state index contributed by atoms with van der Waals surface area (Å²) in [6.45, 7) is 11.5. The molecule has 0 aliphatic heterocycles. The Labute approximate surface area is 141 Å². The fourth-order valence-electron chi connectivity index (χ4n) is 2.32. The quantitative estimate of drug-likeness (QED) is 0.383. The van der Waals surface area contributed by atoms with Crippen LogP contribution >= 0.6 is 11.8 Å². The summed E-state index contributed by atoms with van der Waals surface area (Å²) in [5.74, 6) is 1.56. The van der Waals surface area contributed by atoms with Crippen molar-refractivity contribution in [3.8, 4) is 0 Å². The third kappa shape index (κ3) is 11.5. The molecule has 132 valence electrons. The summed E-state index contributed by atoms with van der Waals surface area (Å²) in [5, 5.41) is 0.425. The van der Waals surface area contributed by atoms with Crippen LogP contribution in [0.1, 0.15) is 66.2 Å². The molecular weight excluding hydrogens is 296 g/mol. The van der Waals surface area contributed by atoms with Crippen molar-refractivity contribution in [2.24, 2.45) is 5.92 Å². The van der Waals surface area contributed by atoms with Crippen molar-refractivity contribution in [3.05, 3.63) is 0 Å². The second-order valence-corrected chi connectivity index (χ2v) is 7.10. The first-order chi connectivity index (χ1) is 10.7. The number of unbranched alkanes of at least 4 members (excludes halogenated alkanes) is 2. The second kappa shape index (κ2) is 15.8.